The van der Waals surface area contributed by atoms with Crippen LogP contribution in [0, 0.1) is 3.57 Å². The monoisotopic (exact) mass is 542 g/mol. The second-order valence-corrected chi connectivity index (χ2v) is 8.27. The van der Waals surface area contributed by atoms with E-state index in [9.17, 15) is 0 Å². The Labute approximate surface area is 197 Å². The van der Waals surface area contributed by atoms with E-state index in [2.05, 4.69) is 75.7 Å². The smallest absolute Gasteiger partial charge is 0.245 e. The van der Waals surface area contributed by atoms with Gasteiger partial charge in [-0.3, -0.25) is 5.43 Å². The number of halogens is 1. The van der Waals surface area contributed by atoms with Gasteiger partial charge in [0, 0.05) is 28.0 Å². The van der Waals surface area contributed by atoms with E-state index in [4.69, 9.17) is 9.37 Å². The van der Waals surface area contributed by atoms with Gasteiger partial charge in [0.15, 0.2) is 11.6 Å². The van der Waals surface area contributed by atoms with Gasteiger partial charge in [-0.05, 0) is 74.9 Å². The third-order valence-electron chi connectivity index (χ3n) is 4.87. The van der Waals surface area contributed by atoms with Gasteiger partial charge in [-0.25, -0.2) is 9.61 Å². The molecule has 32 heavy (non-hydrogen) atoms. The molecule has 0 spiro atoms. The molecule has 2 N–H and O–H groups in total. The highest BCUT2D eigenvalue weighted by molar-refractivity contribution is 14.1. The summed E-state index contributed by atoms with van der Waals surface area (Å²) in [7, 11) is 0. The second-order valence-electron chi connectivity index (χ2n) is 7.03. The summed E-state index contributed by atoms with van der Waals surface area (Å²) in [4.78, 5) is 11.2. The number of anilines is 4. The first-order chi connectivity index (χ1) is 15.7. The van der Waals surface area contributed by atoms with Crippen LogP contribution in [0.2, 0.25) is 0 Å². The van der Waals surface area contributed by atoms with Gasteiger partial charge in [0.05, 0.1) is 19.4 Å². The fraction of sp³-hybridized carbons (Fsp3) is 0.190. The quantitative estimate of drug-likeness (QED) is 0.214. The van der Waals surface area contributed by atoms with Crippen LogP contribution in [0.1, 0.15) is 5.56 Å². The van der Waals surface area contributed by atoms with E-state index in [-0.39, 0.29) is 0 Å². The fourth-order valence-corrected chi connectivity index (χ4v) is 3.59. The van der Waals surface area contributed by atoms with Crippen LogP contribution in [0.5, 0.6) is 0 Å². The van der Waals surface area contributed by atoms with Crippen LogP contribution >= 0.6 is 22.6 Å². The zero-order valence-electron chi connectivity index (χ0n) is 16.9. The van der Waals surface area contributed by atoms with Crippen molar-refractivity contribution in [1.82, 2.24) is 20.3 Å². The Morgan fingerprint density at radius 1 is 0.906 bits per heavy atom. The Morgan fingerprint density at radius 2 is 1.59 bits per heavy atom. The van der Waals surface area contributed by atoms with E-state index in [1.807, 2.05) is 36.4 Å². The number of nitrogens with one attached hydrogen (secondary N) is 2. The molecule has 0 atom stereocenters. The Hall–Kier alpha value is -3.32. The Kier molecular flexibility index (Phi) is 6.07. The summed E-state index contributed by atoms with van der Waals surface area (Å²) in [6, 6.07) is 16.1. The van der Waals surface area contributed by atoms with Gasteiger partial charge in [0.25, 0.3) is 0 Å². The summed E-state index contributed by atoms with van der Waals surface area (Å²) in [5.41, 5.74) is 6.55. The molecular weight excluding hydrogens is 523 g/mol. The number of hydrazone groups is 1. The molecule has 10 nitrogen and oxygen atoms in total. The molecule has 4 aromatic rings. The first kappa shape index (κ1) is 20.6. The van der Waals surface area contributed by atoms with Gasteiger partial charge in [0.2, 0.25) is 11.3 Å². The van der Waals surface area contributed by atoms with Crippen LogP contribution < -0.4 is 15.6 Å². The fourth-order valence-electron chi connectivity index (χ4n) is 3.23. The zero-order chi connectivity index (χ0) is 21.8. The second kappa shape index (κ2) is 9.44. The van der Waals surface area contributed by atoms with Crippen molar-refractivity contribution in [2.75, 3.05) is 41.9 Å². The first-order valence-corrected chi connectivity index (χ1v) is 11.1. The molecule has 1 fully saturated rings. The van der Waals surface area contributed by atoms with Crippen molar-refractivity contribution in [2.24, 2.45) is 5.10 Å². The third kappa shape index (κ3) is 4.78. The Balaban J connectivity index is 1.32. The van der Waals surface area contributed by atoms with Crippen LogP contribution in [-0.4, -0.2) is 52.8 Å². The molecule has 0 radical (unpaired) electrons. The molecule has 3 heterocycles. The van der Waals surface area contributed by atoms with Gasteiger partial charge in [-0.2, -0.15) is 10.1 Å². The highest BCUT2D eigenvalue weighted by atomic mass is 127. The van der Waals surface area contributed by atoms with E-state index in [1.54, 1.807) is 6.21 Å². The lowest BCUT2D eigenvalue weighted by Crippen LogP contribution is -2.36. The largest absolute Gasteiger partial charge is 0.378 e. The molecule has 11 heteroatoms. The lowest BCUT2D eigenvalue weighted by molar-refractivity contribution is 0.122. The summed E-state index contributed by atoms with van der Waals surface area (Å²) in [6.07, 6.45) is 1.73. The van der Waals surface area contributed by atoms with Crippen molar-refractivity contribution in [3.8, 4) is 0 Å². The number of benzene rings is 2. The summed E-state index contributed by atoms with van der Waals surface area (Å²) in [5, 5.41) is 15.1. The number of fused-ring (bicyclic) bond motifs is 1. The van der Waals surface area contributed by atoms with Crippen LogP contribution in [-0.2, 0) is 4.74 Å². The van der Waals surface area contributed by atoms with Gasteiger partial charge in [-0.1, -0.05) is 12.1 Å². The highest BCUT2D eigenvalue weighted by Crippen LogP contribution is 2.24. The average Bonchev–Trinajstić information content (AvgIpc) is 3.29. The predicted octanol–water partition coefficient (Wildman–Crippen LogP) is 3.64. The van der Waals surface area contributed by atoms with Crippen molar-refractivity contribution >= 4 is 63.1 Å². The SMILES string of the molecule is Ic1ccc(Nc2nc3nonc3nc2N/N=C/c2ccc(N3CCOCC3)cc2)cc1. The van der Waals surface area contributed by atoms with Crippen LogP contribution in [0.3, 0.4) is 0 Å². The molecule has 1 saturated heterocycles. The standard InChI is InChI=1S/C21H19IN8O2/c22-15-3-5-16(6-4-15)24-18-19(26-21-20(25-18)28-32-29-21)27-23-13-14-1-7-17(8-2-14)30-9-11-31-12-10-30/h1-8,13H,9-12H2,(H,24,25,28)(H,26,27,29)/b23-13+. The number of hydrogen-bond acceptors (Lipinski definition) is 10. The summed E-state index contributed by atoms with van der Waals surface area (Å²) in [5.74, 6) is 0.877. The van der Waals surface area contributed by atoms with Gasteiger partial charge < -0.3 is 15.0 Å². The van der Waals surface area contributed by atoms with Crippen molar-refractivity contribution in [3.63, 3.8) is 0 Å². The maximum Gasteiger partial charge on any atom is 0.245 e. The molecule has 2 aromatic heterocycles. The number of ether oxygens (including phenoxy) is 1. The van der Waals surface area contributed by atoms with E-state index < -0.39 is 0 Å². The Morgan fingerprint density at radius 3 is 2.31 bits per heavy atom. The third-order valence-corrected chi connectivity index (χ3v) is 5.59. The van der Waals surface area contributed by atoms with Crippen LogP contribution in [0.15, 0.2) is 58.3 Å². The molecule has 1 aliphatic heterocycles. The number of morpholine rings is 1. The molecule has 5 rings (SSSR count). The minimum atomic E-state index is 0.297. The number of nitrogens with zero attached hydrogens (tertiary/aromatic N) is 6. The molecule has 0 aliphatic carbocycles. The molecule has 0 saturated carbocycles. The van der Waals surface area contributed by atoms with Crippen LogP contribution in [0.25, 0.3) is 11.3 Å². The van der Waals surface area contributed by atoms with Crippen molar-refractivity contribution in [2.45, 2.75) is 0 Å². The predicted molar refractivity (Wildman–Crippen MR) is 131 cm³/mol. The lowest BCUT2D eigenvalue weighted by atomic mass is 10.2. The van der Waals surface area contributed by atoms with Crippen molar-refractivity contribution < 1.29 is 9.37 Å². The molecule has 162 valence electrons. The van der Waals surface area contributed by atoms with Gasteiger partial charge in [-0.15, -0.1) is 0 Å². The highest BCUT2D eigenvalue weighted by Gasteiger charge is 2.13. The summed E-state index contributed by atoms with van der Waals surface area (Å²) in [6.45, 7) is 3.34. The number of rotatable bonds is 6. The van der Waals surface area contributed by atoms with Crippen molar-refractivity contribution in [3.05, 3.63) is 57.7 Å². The van der Waals surface area contributed by atoms with Crippen LogP contribution in [0.4, 0.5) is 23.0 Å². The number of aromatic nitrogens is 4. The van der Waals surface area contributed by atoms with Gasteiger partial charge in [0.1, 0.15) is 0 Å². The molecule has 2 aromatic carbocycles. The molecule has 0 bridgehead atoms. The lowest BCUT2D eigenvalue weighted by Gasteiger charge is -2.28. The normalized spacial score (nSPS) is 14.2. The summed E-state index contributed by atoms with van der Waals surface area (Å²) < 4.78 is 11.3. The molecule has 0 unspecified atom stereocenters. The van der Waals surface area contributed by atoms with E-state index in [0.29, 0.717) is 22.9 Å². The van der Waals surface area contributed by atoms with E-state index >= 15 is 0 Å². The summed E-state index contributed by atoms with van der Waals surface area (Å²) >= 11 is 2.26. The van der Waals surface area contributed by atoms with Crippen molar-refractivity contribution in [1.29, 1.82) is 0 Å². The maximum absolute atomic E-state index is 5.41. The van der Waals surface area contributed by atoms with E-state index in [1.165, 1.54) is 5.69 Å². The van der Waals surface area contributed by atoms with Gasteiger partial charge >= 0.3 is 0 Å². The molecule has 1 aliphatic rings. The zero-order valence-corrected chi connectivity index (χ0v) is 19.1. The maximum atomic E-state index is 5.41. The minimum absolute atomic E-state index is 0.297. The number of hydrogen-bond donors (Lipinski definition) is 2. The Bertz CT molecular complexity index is 1220. The average molecular weight is 542 g/mol. The molecule has 0 amide bonds. The topological polar surface area (TPSA) is 114 Å². The molecular formula is C21H19IN8O2. The van der Waals surface area contributed by atoms with E-state index in [0.717, 1.165) is 41.1 Å². The minimum Gasteiger partial charge on any atom is -0.378 e. The first-order valence-electron chi connectivity index (χ1n) is 9.99.